The average Bonchev–Trinajstić information content (AvgIpc) is 3.01. The first kappa shape index (κ1) is 18.0. The molecule has 7 heteroatoms. The molecular formula is C20H22N4O2S. The van der Waals surface area contributed by atoms with Crippen LogP contribution >= 0.6 is 11.8 Å². The SMILES string of the molecule is CSc1ncc(C(=O)N2CC3CCC(C2)N(Cc2ccccc2)C3=O)cn1. The molecule has 2 unspecified atom stereocenters. The lowest BCUT2D eigenvalue weighted by Crippen LogP contribution is -2.47. The van der Waals surface area contributed by atoms with Gasteiger partial charge in [-0.05, 0) is 24.7 Å². The summed E-state index contributed by atoms with van der Waals surface area (Å²) in [6, 6.07) is 10.1. The first-order valence-corrected chi connectivity index (χ1v) is 10.4. The standard InChI is InChI=1S/C20H22N4O2S/c1-27-20-21-9-16(10-22-20)18(25)23-12-15-7-8-17(13-23)24(19(15)26)11-14-5-3-2-4-6-14/h2-6,9-10,15,17H,7-8,11-13H2,1H3. The molecule has 3 saturated heterocycles. The molecule has 4 heterocycles. The van der Waals surface area contributed by atoms with Gasteiger partial charge in [-0.25, -0.2) is 9.97 Å². The number of carbonyl (C=O) groups is 2. The van der Waals surface area contributed by atoms with Crippen LogP contribution in [0.3, 0.4) is 0 Å². The van der Waals surface area contributed by atoms with Crippen molar-refractivity contribution in [1.82, 2.24) is 19.8 Å². The van der Waals surface area contributed by atoms with Crippen molar-refractivity contribution >= 4 is 23.6 Å². The van der Waals surface area contributed by atoms with E-state index in [2.05, 4.69) is 9.97 Å². The Labute approximate surface area is 163 Å². The fraction of sp³-hybridized carbons (Fsp3) is 0.400. The van der Waals surface area contributed by atoms with Crippen molar-refractivity contribution < 1.29 is 9.59 Å². The predicted octanol–water partition coefficient (Wildman–Crippen LogP) is 2.46. The monoisotopic (exact) mass is 382 g/mol. The van der Waals surface area contributed by atoms with Crippen LogP contribution in [0.4, 0.5) is 0 Å². The van der Waals surface area contributed by atoms with E-state index in [1.807, 2.05) is 46.4 Å². The Morgan fingerprint density at radius 2 is 1.89 bits per heavy atom. The minimum Gasteiger partial charge on any atom is -0.336 e. The molecule has 0 spiro atoms. The zero-order chi connectivity index (χ0) is 18.8. The van der Waals surface area contributed by atoms with Crippen LogP contribution in [-0.2, 0) is 11.3 Å². The normalized spacial score (nSPS) is 22.0. The van der Waals surface area contributed by atoms with Crippen molar-refractivity contribution in [2.45, 2.75) is 30.6 Å². The van der Waals surface area contributed by atoms with Gasteiger partial charge in [0.2, 0.25) is 5.91 Å². The number of fused-ring (bicyclic) bond motifs is 4. The molecule has 3 aliphatic heterocycles. The quantitative estimate of drug-likeness (QED) is 0.600. The highest BCUT2D eigenvalue weighted by Crippen LogP contribution is 2.31. The largest absolute Gasteiger partial charge is 0.336 e. The Morgan fingerprint density at radius 3 is 2.59 bits per heavy atom. The van der Waals surface area contributed by atoms with E-state index >= 15 is 0 Å². The van der Waals surface area contributed by atoms with E-state index in [0.717, 1.165) is 18.4 Å². The minimum atomic E-state index is -0.122. The van der Waals surface area contributed by atoms with Crippen LogP contribution in [0.1, 0.15) is 28.8 Å². The minimum absolute atomic E-state index is 0.0618. The third-order valence-electron chi connectivity index (χ3n) is 5.33. The summed E-state index contributed by atoms with van der Waals surface area (Å²) in [5, 5.41) is 0.645. The van der Waals surface area contributed by atoms with E-state index in [9.17, 15) is 9.59 Å². The number of hydrogen-bond acceptors (Lipinski definition) is 5. The number of carbonyl (C=O) groups excluding carboxylic acids is 2. The summed E-state index contributed by atoms with van der Waals surface area (Å²) in [5.74, 6) is -0.0453. The number of amides is 2. The van der Waals surface area contributed by atoms with Gasteiger partial charge in [-0.3, -0.25) is 9.59 Å². The summed E-state index contributed by atoms with van der Waals surface area (Å²) in [7, 11) is 0. The van der Waals surface area contributed by atoms with Gasteiger partial charge in [-0.2, -0.15) is 0 Å². The third-order valence-corrected chi connectivity index (χ3v) is 5.91. The van der Waals surface area contributed by atoms with Gasteiger partial charge in [0, 0.05) is 38.1 Å². The van der Waals surface area contributed by atoms with Crippen molar-refractivity contribution in [2.75, 3.05) is 19.3 Å². The molecule has 1 aromatic heterocycles. The molecule has 5 rings (SSSR count). The summed E-state index contributed by atoms with van der Waals surface area (Å²) in [6.07, 6.45) is 6.85. The van der Waals surface area contributed by atoms with Crippen LogP contribution in [0.5, 0.6) is 0 Å². The molecule has 2 aromatic rings. The summed E-state index contributed by atoms with van der Waals surface area (Å²) >= 11 is 1.44. The Bertz CT molecular complexity index is 828. The molecule has 0 radical (unpaired) electrons. The molecule has 0 N–H and O–H groups in total. The number of piperidine rings is 1. The van der Waals surface area contributed by atoms with E-state index in [1.54, 1.807) is 12.4 Å². The van der Waals surface area contributed by atoms with Crippen LogP contribution in [0.15, 0.2) is 47.9 Å². The van der Waals surface area contributed by atoms with E-state index in [4.69, 9.17) is 0 Å². The van der Waals surface area contributed by atoms with Gasteiger partial charge in [0.15, 0.2) is 5.16 Å². The van der Waals surface area contributed by atoms with Gasteiger partial charge in [-0.15, -0.1) is 0 Å². The highest BCUT2D eigenvalue weighted by Gasteiger charge is 2.42. The summed E-state index contributed by atoms with van der Waals surface area (Å²) in [4.78, 5) is 38.1. The summed E-state index contributed by atoms with van der Waals surface area (Å²) < 4.78 is 0. The first-order valence-electron chi connectivity index (χ1n) is 9.15. The maximum absolute atomic E-state index is 13.0. The molecule has 2 bridgehead atoms. The van der Waals surface area contributed by atoms with Crippen molar-refractivity contribution in [3.63, 3.8) is 0 Å². The van der Waals surface area contributed by atoms with Gasteiger partial charge in [-0.1, -0.05) is 42.1 Å². The van der Waals surface area contributed by atoms with Gasteiger partial charge < -0.3 is 9.80 Å². The fourth-order valence-electron chi connectivity index (χ4n) is 3.91. The maximum Gasteiger partial charge on any atom is 0.257 e. The van der Waals surface area contributed by atoms with Gasteiger partial charge in [0.1, 0.15) is 0 Å². The number of benzene rings is 1. The van der Waals surface area contributed by atoms with E-state index < -0.39 is 0 Å². The third kappa shape index (κ3) is 3.69. The number of rotatable bonds is 4. The van der Waals surface area contributed by atoms with E-state index in [1.165, 1.54) is 11.8 Å². The molecular weight excluding hydrogens is 360 g/mol. The molecule has 3 aliphatic rings. The smallest absolute Gasteiger partial charge is 0.257 e. The van der Waals surface area contributed by atoms with Crippen LogP contribution in [0.25, 0.3) is 0 Å². The Balaban J connectivity index is 1.53. The lowest BCUT2D eigenvalue weighted by molar-refractivity contribution is -0.140. The van der Waals surface area contributed by atoms with Crippen LogP contribution in [0.2, 0.25) is 0 Å². The second-order valence-electron chi connectivity index (χ2n) is 7.05. The zero-order valence-corrected chi connectivity index (χ0v) is 16.1. The van der Waals surface area contributed by atoms with Crippen molar-refractivity contribution in [1.29, 1.82) is 0 Å². The molecule has 2 atom stereocenters. The molecule has 1 aromatic carbocycles. The maximum atomic E-state index is 13.0. The summed E-state index contributed by atoms with van der Waals surface area (Å²) in [5.41, 5.74) is 1.61. The van der Waals surface area contributed by atoms with Gasteiger partial charge in [0.25, 0.3) is 5.91 Å². The fourth-order valence-corrected chi connectivity index (χ4v) is 4.23. The van der Waals surface area contributed by atoms with Crippen molar-refractivity contribution in [2.24, 2.45) is 5.92 Å². The Morgan fingerprint density at radius 1 is 1.15 bits per heavy atom. The lowest BCUT2D eigenvalue weighted by Gasteiger charge is -2.36. The second kappa shape index (κ2) is 7.68. The lowest BCUT2D eigenvalue weighted by atomic mass is 9.93. The molecule has 3 fully saturated rings. The molecule has 27 heavy (non-hydrogen) atoms. The van der Waals surface area contributed by atoms with E-state index in [0.29, 0.717) is 30.4 Å². The molecule has 0 aliphatic carbocycles. The van der Waals surface area contributed by atoms with Crippen molar-refractivity contribution in [3.05, 3.63) is 53.9 Å². The van der Waals surface area contributed by atoms with Crippen LogP contribution < -0.4 is 0 Å². The van der Waals surface area contributed by atoms with Gasteiger partial charge >= 0.3 is 0 Å². The predicted molar refractivity (Wildman–Crippen MR) is 103 cm³/mol. The number of hydrogen-bond donors (Lipinski definition) is 0. The van der Waals surface area contributed by atoms with Gasteiger partial charge in [0.05, 0.1) is 11.5 Å². The van der Waals surface area contributed by atoms with E-state index in [-0.39, 0.29) is 23.8 Å². The highest BCUT2D eigenvalue weighted by molar-refractivity contribution is 7.98. The molecule has 0 saturated carbocycles. The highest BCUT2D eigenvalue weighted by atomic mass is 32.2. The van der Waals surface area contributed by atoms with Crippen LogP contribution in [-0.4, -0.2) is 57.0 Å². The number of aromatic nitrogens is 2. The number of nitrogens with zero attached hydrogens (tertiary/aromatic N) is 4. The second-order valence-corrected chi connectivity index (χ2v) is 7.82. The van der Waals surface area contributed by atoms with Crippen molar-refractivity contribution in [3.8, 4) is 0 Å². The molecule has 2 amide bonds. The average molecular weight is 382 g/mol. The zero-order valence-electron chi connectivity index (χ0n) is 15.2. The molecule has 6 nitrogen and oxygen atoms in total. The first-order chi connectivity index (χ1) is 13.2. The summed E-state index contributed by atoms with van der Waals surface area (Å²) in [6.45, 7) is 1.65. The van der Waals surface area contributed by atoms with Crippen LogP contribution in [0, 0.1) is 5.92 Å². The Kier molecular flexibility index (Phi) is 5.11. The molecule has 140 valence electrons. The Hall–Kier alpha value is -2.41. The number of thioether (sulfide) groups is 1. The topological polar surface area (TPSA) is 66.4 Å².